The summed E-state index contributed by atoms with van der Waals surface area (Å²) in [7, 11) is 0. The number of benzene rings is 1. The van der Waals surface area contributed by atoms with E-state index < -0.39 is 0 Å². The van der Waals surface area contributed by atoms with Gasteiger partial charge in [-0.3, -0.25) is 9.69 Å². The van der Waals surface area contributed by atoms with Crippen molar-refractivity contribution in [2.75, 3.05) is 26.2 Å². The lowest BCUT2D eigenvalue weighted by Crippen LogP contribution is -2.47. The molecule has 5 nitrogen and oxygen atoms in total. The lowest BCUT2D eigenvalue weighted by atomic mass is 10.0. The van der Waals surface area contributed by atoms with Crippen LogP contribution in [0.4, 0.5) is 4.39 Å². The molecule has 1 aromatic heterocycles. The highest BCUT2D eigenvalue weighted by Gasteiger charge is 2.19. The third-order valence-electron chi connectivity index (χ3n) is 4.85. The van der Waals surface area contributed by atoms with Gasteiger partial charge in [-0.15, -0.1) is 0 Å². The van der Waals surface area contributed by atoms with Crippen molar-refractivity contribution < 1.29 is 9.18 Å². The maximum absolute atomic E-state index is 14.6. The fourth-order valence-corrected chi connectivity index (χ4v) is 3.14. The Balaban J connectivity index is 1.73. The minimum absolute atomic E-state index is 0.116. The SMILES string of the molecule is CC(=O)N1CCN(Cc2ccc(-c3ncnc(C)c3C)c(F)c2)CC1. The number of aromatic nitrogens is 2. The second-order valence-corrected chi connectivity index (χ2v) is 6.53. The van der Waals surface area contributed by atoms with Gasteiger partial charge in [-0.2, -0.15) is 0 Å². The Hall–Kier alpha value is -2.34. The fraction of sp³-hybridized carbons (Fsp3) is 0.421. The Labute approximate surface area is 147 Å². The van der Waals surface area contributed by atoms with Gasteiger partial charge in [0.2, 0.25) is 5.91 Å². The van der Waals surface area contributed by atoms with E-state index in [1.807, 2.05) is 24.8 Å². The summed E-state index contributed by atoms with van der Waals surface area (Å²) in [6, 6.07) is 5.33. The molecule has 25 heavy (non-hydrogen) atoms. The summed E-state index contributed by atoms with van der Waals surface area (Å²) in [4.78, 5) is 23.9. The third kappa shape index (κ3) is 3.85. The predicted octanol–water partition coefficient (Wildman–Crippen LogP) is 2.56. The fourth-order valence-electron chi connectivity index (χ4n) is 3.14. The molecule has 1 aliphatic rings. The van der Waals surface area contributed by atoms with Crippen molar-refractivity contribution >= 4 is 5.91 Å². The molecule has 0 aliphatic carbocycles. The summed E-state index contributed by atoms with van der Waals surface area (Å²) in [5.41, 5.74) is 3.84. The van der Waals surface area contributed by atoms with Gasteiger partial charge in [-0.05, 0) is 37.1 Å². The molecule has 1 amide bonds. The van der Waals surface area contributed by atoms with E-state index in [4.69, 9.17) is 0 Å². The Bertz CT molecular complexity index is 785. The second-order valence-electron chi connectivity index (χ2n) is 6.53. The van der Waals surface area contributed by atoms with Crippen molar-refractivity contribution in [1.29, 1.82) is 0 Å². The molecule has 0 radical (unpaired) electrons. The molecule has 0 unspecified atom stereocenters. The summed E-state index contributed by atoms with van der Waals surface area (Å²) >= 11 is 0. The smallest absolute Gasteiger partial charge is 0.219 e. The number of aryl methyl sites for hydroxylation is 1. The van der Waals surface area contributed by atoms with Crippen molar-refractivity contribution in [2.24, 2.45) is 0 Å². The van der Waals surface area contributed by atoms with Crippen LogP contribution in [0.1, 0.15) is 23.7 Å². The minimum Gasteiger partial charge on any atom is -0.340 e. The number of hydrogen-bond acceptors (Lipinski definition) is 4. The van der Waals surface area contributed by atoms with E-state index in [1.165, 1.54) is 6.33 Å². The molecule has 0 saturated carbocycles. The van der Waals surface area contributed by atoms with Gasteiger partial charge in [0.05, 0.1) is 5.69 Å². The van der Waals surface area contributed by atoms with Crippen LogP contribution in [-0.2, 0) is 11.3 Å². The zero-order valence-electron chi connectivity index (χ0n) is 14.9. The number of amides is 1. The molecule has 0 spiro atoms. The van der Waals surface area contributed by atoms with E-state index in [-0.39, 0.29) is 11.7 Å². The number of carbonyl (C=O) groups excluding carboxylic acids is 1. The first kappa shape index (κ1) is 17.5. The molecule has 0 atom stereocenters. The molecule has 6 heteroatoms. The van der Waals surface area contributed by atoms with E-state index in [2.05, 4.69) is 14.9 Å². The highest BCUT2D eigenvalue weighted by Crippen LogP contribution is 2.26. The van der Waals surface area contributed by atoms with Gasteiger partial charge >= 0.3 is 0 Å². The predicted molar refractivity (Wildman–Crippen MR) is 94.4 cm³/mol. The Morgan fingerprint density at radius 3 is 2.52 bits per heavy atom. The van der Waals surface area contributed by atoms with Crippen molar-refractivity contribution in [3.8, 4) is 11.3 Å². The number of halogens is 1. The van der Waals surface area contributed by atoms with Crippen LogP contribution < -0.4 is 0 Å². The van der Waals surface area contributed by atoms with Crippen molar-refractivity contribution in [3.63, 3.8) is 0 Å². The average molecular weight is 342 g/mol. The Kier molecular flexibility index (Phi) is 5.08. The van der Waals surface area contributed by atoms with Crippen LogP contribution >= 0.6 is 0 Å². The third-order valence-corrected chi connectivity index (χ3v) is 4.85. The molecule has 2 aromatic rings. The summed E-state index contributed by atoms with van der Waals surface area (Å²) in [5.74, 6) is -0.147. The topological polar surface area (TPSA) is 49.3 Å². The van der Waals surface area contributed by atoms with Gasteiger partial charge in [-0.1, -0.05) is 6.07 Å². The van der Waals surface area contributed by atoms with Crippen LogP contribution in [0.5, 0.6) is 0 Å². The van der Waals surface area contributed by atoms with Crippen molar-refractivity contribution in [3.05, 3.63) is 47.2 Å². The Morgan fingerprint density at radius 1 is 1.16 bits per heavy atom. The van der Waals surface area contributed by atoms with Crippen LogP contribution in [0, 0.1) is 19.7 Å². The van der Waals surface area contributed by atoms with Gasteiger partial charge < -0.3 is 4.90 Å². The lowest BCUT2D eigenvalue weighted by molar-refractivity contribution is -0.130. The van der Waals surface area contributed by atoms with Gasteiger partial charge in [-0.25, -0.2) is 14.4 Å². The number of piperazine rings is 1. The van der Waals surface area contributed by atoms with Crippen LogP contribution in [-0.4, -0.2) is 51.9 Å². The molecule has 1 aliphatic heterocycles. The maximum Gasteiger partial charge on any atom is 0.219 e. The molecular weight excluding hydrogens is 319 g/mol. The van der Waals surface area contributed by atoms with Crippen molar-refractivity contribution in [1.82, 2.24) is 19.8 Å². The first-order valence-corrected chi connectivity index (χ1v) is 8.50. The molecule has 0 bridgehead atoms. The first-order chi connectivity index (χ1) is 12.0. The second kappa shape index (κ2) is 7.27. The zero-order chi connectivity index (χ0) is 18.0. The average Bonchev–Trinajstić information content (AvgIpc) is 2.58. The van der Waals surface area contributed by atoms with E-state index >= 15 is 0 Å². The highest BCUT2D eigenvalue weighted by molar-refractivity contribution is 5.73. The first-order valence-electron chi connectivity index (χ1n) is 8.50. The molecule has 1 saturated heterocycles. The van der Waals surface area contributed by atoms with Gasteiger partial charge in [0.1, 0.15) is 12.1 Å². The van der Waals surface area contributed by atoms with E-state index in [0.717, 1.165) is 43.0 Å². The molecule has 0 N–H and O–H groups in total. The molecule has 2 heterocycles. The van der Waals surface area contributed by atoms with E-state index in [1.54, 1.807) is 19.1 Å². The quantitative estimate of drug-likeness (QED) is 0.860. The number of nitrogens with zero attached hydrogens (tertiary/aromatic N) is 4. The normalized spacial score (nSPS) is 15.4. The van der Waals surface area contributed by atoms with Crippen LogP contribution in [0.15, 0.2) is 24.5 Å². The van der Waals surface area contributed by atoms with Gasteiger partial charge in [0.15, 0.2) is 0 Å². The highest BCUT2D eigenvalue weighted by atomic mass is 19.1. The molecule has 1 fully saturated rings. The summed E-state index contributed by atoms with van der Waals surface area (Å²) < 4.78 is 14.6. The van der Waals surface area contributed by atoms with Crippen LogP contribution in [0.2, 0.25) is 0 Å². The molecular formula is C19H23FN4O. The van der Waals surface area contributed by atoms with E-state index in [0.29, 0.717) is 17.8 Å². The monoisotopic (exact) mass is 342 g/mol. The van der Waals surface area contributed by atoms with Crippen LogP contribution in [0.3, 0.4) is 0 Å². The molecule has 1 aromatic carbocycles. The largest absolute Gasteiger partial charge is 0.340 e. The Morgan fingerprint density at radius 2 is 1.88 bits per heavy atom. The van der Waals surface area contributed by atoms with Gasteiger partial charge in [0.25, 0.3) is 0 Å². The van der Waals surface area contributed by atoms with Crippen molar-refractivity contribution in [2.45, 2.75) is 27.3 Å². The number of carbonyl (C=O) groups is 1. The zero-order valence-corrected chi connectivity index (χ0v) is 14.9. The van der Waals surface area contributed by atoms with Crippen LogP contribution in [0.25, 0.3) is 11.3 Å². The maximum atomic E-state index is 14.6. The lowest BCUT2D eigenvalue weighted by Gasteiger charge is -2.34. The van der Waals surface area contributed by atoms with Gasteiger partial charge in [0, 0.05) is 50.9 Å². The molecule has 3 rings (SSSR count). The standard InChI is InChI=1S/C19H23FN4O/c1-13-14(2)21-12-22-19(13)17-5-4-16(10-18(17)20)11-23-6-8-24(9-7-23)15(3)25/h4-5,10,12H,6-9,11H2,1-3H3. The molecule has 132 valence electrons. The summed E-state index contributed by atoms with van der Waals surface area (Å²) in [6.07, 6.45) is 1.47. The summed E-state index contributed by atoms with van der Waals surface area (Å²) in [6.45, 7) is 9.18. The number of rotatable bonds is 3. The summed E-state index contributed by atoms with van der Waals surface area (Å²) in [5, 5.41) is 0. The minimum atomic E-state index is -0.263. The number of hydrogen-bond donors (Lipinski definition) is 0. The van der Waals surface area contributed by atoms with E-state index in [9.17, 15) is 9.18 Å².